The topological polar surface area (TPSA) is 18.5 Å². The lowest BCUT2D eigenvalue weighted by Gasteiger charge is -2.14. The zero-order chi connectivity index (χ0) is 11.4. The van der Waals surface area contributed by atoms with Crippen molar-refractivity contribution in [1.29, 1.82) is 0 Å². The molecule has 0 heterocycles. The summed E-state index contributed by atoms with van der Waals surface area (Å²) in [4.78, 5) is 0. The molecule has 0 aliphatic heterocycles. The average molecular weight is 281 g/mol. The van der Waals surface area contributed by atoms with Gasteiger partial charge in [0.25, 0.3) is 0 Å². The largest absolute Gasteiger partial charge is 0.487 e. The Labute approximate surface area is 95.3 Å². The molecule has 0 aliphatic rings. The molecule has 0 N–H and O–H groups in total. The minimum absolute atomic E-state index is 0.0434. The highest BCUT2D eigenvalue weighted by atomic mass is 79.9. The number of rotatable bonds is 4. The molecule has 0 atom stereocenters. The van der Waals surface area contributed by atoms with E-state index in [4.69, 9.17) is 4.74 Å². The van der Waals surface area contributed by atoms with Gasteiger partial charge in [0, 0.05) is 4.47 Å². The van der Waals surface area contributed by atoms with Gasteiger partial charge in [-0.2, -0.15) is 8.78 Å². The van der Waals surface area contributed by atoms with Gasteiger partial charge < -0.3 is 9.47 Å². The maximum atomic E-state index is 12.0. The number of ether oxygens (including phenoxy) is 2. The number of hydrogen-bond donors (Lipinski definition) is 0. The van der Waals surface area contributed by atoms with Gasteiger partial charge in [0.15, 0.2) is 11.5 Å². The fourth-order valence-corrected chi connectivity index (χ4v) is 1.36. The van der Waals surface area contributed by atoms with E-state index in [1.54, 1.807) is 12.1 Å². The second-order valence-corrected chi connectivity index (χ2v) is 4.05. The standard InChI is InChI=1S/C10H11BrF2O2/c1-6(2)14-9-5-7(11)3-4-8(9)15-10(12)13/h3-6,10H,1-2H3. The van der Waals surface area contributed by atoms with E-state index in [9.17, 15) is 8.78 Å². The second-order valence-electron chi connectivity index (χ2n) is 3.14. The summed E-state index contributed by atoms with van der Waals surface area (Å²) in [6, 6.07) is 4.65. The third-order valence-corrected chi connectivity index (χ3v) is 1.98. The SMILES string of the molecule is CC(C)Oc1cc(Br)ccc1OC(F)F. The van der Waals surface area contributed by atoms with Gasteiger partial charge in [-0.1, -0.05) is 15.9 Å². The molecule has 0 bridgehead atoms. The Hall–Kier alpha value is -0.840. The Morgan fingerprint density at radius 2 is 1.80 bits per heavy atom. The van der Waals surface area contributed by atoms with Gasteiger partial charge >= 0.3 is 6.61 Å². The summed E-state index contributed by atoms with van der Waals surface area (Å²) in [6.45, 7) is 0.779. The van der Waals surface area contributed by atoms with Crippen LogP contribution in [-0.2, 0) is 0 Å². The maximum absolute atomic E-state index is 12.0. The highest BCUT2D eigenvalue weighted by molar-refractivity contribution is 9.10. The Morgan fingerprint density at radius 3 is 2.33 bits per heavy atom. The smallest absolute Gasteiger partial charge is 0.387 e. The van der Waals surface area contributed by atoms with Crippen molar-refractivity contribution in [1.82, 2.24) is 0 Å². The van der Waals surface area contributed by atoms with Crippen molar-refractivity contribution in [2.75, 3.05) is 0 Å². The van der Waals surface area contributed by atoms with Crippen molar-refractivity contribution < 1.29 is 18.3 Å². The molecule has 0 aliphatic carbocycles. The van der Waals surface area contributed by atoms with E-state index in [0.29, 0.717) is 5.75 Å². The van der Waals surface area contributed by atoms with Gasteiger partial charge in [-0.3, -0.25) is 0 Å². The van der Waals surface area contributed by atoms with Crippen molar-refractivity contribution in [3.63, 3.8) is 0 Å². The minimum atomic E-state index is -2.85. The van der Waals surface area contributed by atoms with Gasteiger partial charge in [-0.05, 0) is 32.0 Å². The fraction of sp³-hybridized carbons (Fsp3) is 0.400. The number of halogens is 3. The lowest BCUT2D eigenvalue weighted by molar-refractivity contribution is -0.0519. The number of hydrogen-bond acceptors (Lipinski definition) is 2. The van der Waals surface area contributed by atoms with E-state index in [1.165, 1.54) is 6.07 Å². The molecule has 0 unspecified atom stereocenters. The molecule has 0 saturated carbocycles. The molecule has 1 aromatic rings. The molecule has 5 heteroatoms. The molecular weight excluding hydrogens is 270 g/mol. The second kappa shape index (κ2) is 5.30. The first-order valence-electron chi connectivity index (χ1n) is 4.40. The molecule has 1 rings (SSSR count). The van der Waals surface area contributed by atoms with Crippen LogP contribution in [0.15, 0.2) is 22.7 Å². The van der Waals surface area contributed by atoms with Crippen LogP contribution < -0.4 is 9.47 Å². The molecule has 2 nitrogen and oxygen atoms in total. The van der Waals surface area contributed by atoms with E-state index in [0.717, 1.165) is 4.47 Å². The van der Waals surface area contributed by atoms with Crippen molar-refractivity contribution in [2.45, 2.75) is 26.6 Å². The summed E-state index contributed by atoms with van der Waals surface area (Å²) in [5, 5.41) is 0. The molecule has 84 valence electrons. The monoisotopic (exact) mass is 280 g/mol. The summed E-state index contributed by atoms with van der Waals surface area (Å²) in [6.07, 6.45) is -0.0978. The van der Waals surface area contributed by atoms with Gasteiger partial charge in [0.2, 0.25) is 0 Å². The molecule has 0 fully saturated rings. The van der Waals surface area contributed by atoms with Crippen LogP contribution in [0.2, 0.25) is 0 Å². The predicted octanol–water partition coefficient (Wildman–Crippen LogP) is 3.84. The third kappa shape index (κ3) is 4.03. The first kappa shape index (κ1) is 12.2. The van der Waals surface area contributed by atoms with Crippen molar-refractivity contribution in [3.05, 3.63) is 22.7 Å². The number of benzene rings is 1. The highest BCUT2D eigenvalue weighted by Gasteiger charge is 2.12. The molecule has 0 amide bonds. The lowest BCUT2D eigenvalue weighted by atomic mass is 10.3. The fourth-order valence-electron chi connectivity index (χ4n) is 1.02. The number of alkyl halides is 2. The Balaban J connectivity index is 2.92. The average Bonchev–Trinajstić information content (AvgIpc) is 2.08. The van der Waals surface area contributed by atoms with E-state index in [1.807, 2.05) is 13.8 Å². The van der Waals surface area contributed by atoms with E-state index in [2.05, 4.69) is 20.7 Å². The van der Waals surface area contributed by atoms with Crippen LogP contribution in [0.4, 0.5) is 8.78 Å². The molecule has 0 aromatic heterocycles. The third-order valence-electron chi connectivity index (χ3n) is 1.48. The van der Waals surface area contributed by atoms with Crippen molar-refractivity contribution in [2.24, 2.45) is 0 Å². The van der Waals surface area contributed by atoms with E-state index >= 15 is 0 Å². The first-order valence-corrected chi connectivity index (χ1v) is 5.19. The first-order chi connectivity index (χ1) is 6.99. The summed E-state index contributed by atoms with van der Waals surface area (Å²) in [5.74, 6) is 0.349. The van der Waals surface area contributed by atoms with Crippen LogP contribution in [0.5, 0.6) is 11.5 Å². The minimum Gasteiger partial charge on any atom is -0.487 e. The maximum Gasteiger partial charge on any atom is 0.387 e. The van der Waals surface area contributed by atoms with Crippen LogP contribution in [0.25, 0.3) is 0 Å². The summed E-state index contributed by atoms with van der Waals surface area (Å²) in [7, 11) is 0. The van der Waals surface area contributed by atoms with Crippen LogP contribution in [0.1, 0.15) is 13.8 Å². The van der Waals surface area contributed by atoms with Gasteiger partial charge in [-0.15, -0.1) is 0 Å². The summed E-state index contributed by atoms with van der Waals surface area (Å²) < 4.78 is 34.5. The molecule has 0 radical (unpaired) electrons. The molecular formula is C10H11BrF2O2. The van der Waals surface area contributed by atoms with Crippen molar-refractivity contribution in [3.8, 4) is 11.5 Å². The van der Waals surface area contributed by atoms with E-state index < -0.39 is 6.61 Å². The lowest BCUT2D eigenvalue weighted by Crippen LogP contribution is -2.09. The molecule has 0 spiro atoms. The van der Waals surface area contributed by atoms with Crippen molar-refractivity contribution >= 4 is 15.9 Å². The van der Waals surface area contributed by atoms with E-state index in [-0.39, 0.29) is 11.9 Å². The Bertz CT molecular complexity index is 329. The highest BCUT2D eigenvalue weighted by Crippen LogP contribution is 2.32. The van der Waals surface area contributed by atoms with Gasteiger partial charge in [-0.25, -0.2) is 0 Å². The Morgan fingerprint density at radius 1 is 1.13 bits per heavy atom. The predicted molar refractivity (Wildman–Crippen MR) is 56.5 cm³/mol. The van der Waals surface area contributed by atoms with Crippen LogP contribution >= 0.6 is 15.9 Å². The summed E-state index contributed by atoms with van der Waals surface area (Å²) in [5.41, 5.74) is 0. The Kier molecular flexibility index (Phi) is 4.32. The normalized spacial score (nSPS) is 10.9. The van der Waals surface area contributed by atoms with Crippen LogP contribution in [-0.4, -0.2) is 12.7 Å². The van der Waals surface area contributed by atoms with Crippen LogP contribution in [0.3, 0.4) is 0 Å². The molecule has 15 heavy (non-hydrogen) atoms. The zero-order valence-corrected chi connectivity index (χ0v) is 9.92. The van der Waals surface area contributed by atoms with Gasteiger partial charge in [0.05, 0.1) is 6.10 Å². The summed E-state index contributed by atoms with van der Waals surface area (Å²) >= 11 is 3.23. The molecule has 0 saturated heterocycles. The van der Waals surface area contributed by atoms with Crippen LogP contribution in [0, 0.1) is 0 Å². The van der Waals surface area contributed by atoms with Gasteiger partial charge in [0.1, 0.15) is 0 Å². The molecule has 1 aromatic carbocycles. The quantitative estimate of drug-likeness (QED) is 0.834. The zero-order valence-electron chi connectivity index (χ0n) is 8.34.